The Labute approximate surface area is 176 Å². The van der Waals surface area contributed by atoms with Gasteiger partial charge in [0.15, 0.2) is 0 Å². The lowest BCUT2D eigenvalue weighted by Gasteiger charge is -2.26. The molecule has 5 N–H and O–H groups in total. The van der Waals surface area contributed by atoms with E-state index in [9.17, 15) is 0 Å². The Morgan fingerprint density at radius 3 is 2.39 bits per heavy atom. The van der Waals surface area contributed by atoms with E-state index in [2.05, 4.69) is 22.1 Å². The van der Waals surface area contributed by atoms with E-state index in [-0.39, 0.29) is 36.6 Å². The standard InChI is InChI=1S/C20H20N6.2ClH/c21-18(22)20(17(24-19(23)26-20)14-8-2-1-3-9-14)25-16-12-6-10-13-7-4-5-11-15(13)16;;/h1-5,7-9,11H,6,10,12H2,(H3,21,22)(H2,23,26);2*1H. The van der Waals surface area contributed by atoms with Crippen LogP contribution in [0.25, 0.3) is 0 Å². The summed E-state index contributed by atoms with van der Waals surface area (Å²) in [6.07, 6.45) is 2.83. The van der Waals surface area contributed by atoms with Gasteiger partial charge in [-0.3, -0.25) is 5.41 Å². The van der Waals surface area contributed by atoms with Crippen LogP contribution in [-0.2, 0) is 6.42 Å². The number of hydrogen-bond donors (Lipinski definition) is 3. The molecule has 1 heterocycles. The monoisotopic (exact) mass is 416 g/mol. The summed E-state index contributed by atoms with van der Waals surface area (Å²) in [5.74, 6) is -0.0939. The molecule has 2 aromatic rings. The molecular weight excluding hydrogens is 395 g/mol. The third-order valence-electron chi connectivity index (χ3n) is 4.74. The maximum atomic E-state index is 8.24. The number of aliphatic imine (C=N–C) groups is 3. The van der Waals surface area contributed by atoms with E-state index in [1.807, 2.05) is 42.5 Å². The van der Waals surface area contributed by atoms with Crippen LogP contribution in [0.3, 0.4) is 0 Å². The maximum Gasteiger partial charge on any atom is 0.253 e. The number of nitrogens with zero attached hydrogens (tertiary/aromatic N) is 3. The van der Waals surface area contributed by atoms with Crippen molar-refractivity contribution in [1.29, 1.82) is 5.41 Å². The second-order valence-corrected chi connectivity index (χ2v) is 6.45. The van der Waals surface area contributed by atoms with Crippen LogP contribution in [-0.4, -0.2) is 28.9 Å². The van der Waals surface area contributed by atoms with Gasteiger partial charge in [0.2, 0.25) is 5.96 Å². The van der Waals surface area contributed by atoms with Gasteiger partial charge >= 0.3 is 0 Å². The van der Waals surface area contributed by atoms with Crippen molar-refractivity contribution in [2.24, 2.45) is 26.4 Å². The average Bonchev–Trinajstić information content (AvgIpc) is 3.00. The molecule has 0 fully saturated rings. The van der Waals surface area contributed by atoms with Crippen molar-refractivity contribution in [1.82, 2.24) is 0 Å². The quantitative estimate of drug-likeness (QED) is 0.526. The Bertz CT molecular complexity index is 968. The first-order chi connectivity index (χ1) is 12.6. The molecule has 0 aromatic heterocycles. The van der Waals surface area contributed by atoms with Gasteiger partial charge in [-0.1, -0.05) is 54.6 Å². The van der Waals surface area contributed by atoms with Crippen LogP contribution in [0.5, 0.6) is 0 Å². The van der Waals surface area contributed by atoms with E-state index in [1.54, 1.807) is 0 Å². The fraction of sp³-hybridized carbons (Fsp3) is 0.200. The molecule has 8 heteroatoms. The summed E-state index contributed by atoms with van der Waals surface area (Å²) in [6, 6.07) is 17.7. The number of fused-ring (bicyclic) bond motifs is 1. The Morgan fingerprint density at radius 1 is 1.00 bits per heavy atom. The molecule has 4 rings (SSSR count). The highest BCUT2D eigenvalue weighted by Crippen LogP contribution is 2.30. The number of guanidine groups is 1. The van der Waals surface area contributed by atoms with Crippen molar-refractivity contribution >= 4 is 48.0 Å². The highest BCUT2D eigenvalue weighted by atomic mass is 35.5. The van der Waals surface area contributed by atoms with Crippen molar-refractivity contribution in [2.45, 2.75) is 24.9 Å². The van der Waals surface area contributed by atoms with Gasteiger partial charge in [-0.25, -0.2) is 15.0 Å². The van der Waals surface area contributed by atoms with Crippen LogP contribution in [0.2, 0.25) is 0 Å². The van der Waals surface area contributed by atoms with Crippen molar-refractivity contribution in [3.8, 4) is 0 Å². The molecule has 2 aromatic carbocycles. The second kappa shape index (κ2) is 8.54. The van der Waals surface area contributed by atoms with Gasteiger partial charge in [0, 0.05) is 11.3 Å². The molecule has 1 aliphatic heterocycles. The summed E-state index contributed by atoms with van der Waals surface area (Å²) in [5.41, 5.74) is 15.1. The fourth-order valence-electron chi connectivity index (χ4n) is 3.54. The number of benzene rings is 2. The SMILES string of the molecule is Cl.Cl.N=C(N)C1(N=C2CCCc3ccccc32)N=C(N)N=C1c1ccccc1. The first kappa shape index (κ1) is 21.6. The Kier molecular flexibility index (Phi) is 6.59. The molecule has 6 nitrogen and oxygen atoms in total. The van der Waals surface area contributed by atoms with Crippen molar-refractivity contribution in [2.75, 3.05) is 0 Å². The lowest BCUT2D eigenvalue weighted by molar-refractivity contribution is 0.766. The summed E-state index contributed by atoms with van der Waals surface area (Å²) in [7, 11) is 0. The molecule has 2 aliphatic rings. The smallest absolute Gasteiger partial charge is 0.253 e. The number of nitrogens with two attached hydrogens (primary N) is 2. The zero-order valence-corrected chi connectivity index (χ0v) is 16.8. The van der Waals surface area contributed by atoms with Gasteiger partial charge in [0.25, 0.3) is 5.66 Å². The largest absolute Gasteiger partial charge is 0.384 e. The van der Waals surface area contributed by atoms with E-state index in [4.69, 9.17) is 21.9 Å². The van der Waals surface area contributed by atoms with Crippen molar-refractivity contribution < 1.29 is 0 Å². The van der Waals surface area contributed by atoms with Crippen LogP contribution >= 0.6 is 24.8 Å². The van der Waals surface area contributed by atoms with E-state index < -0.39 is 5.66 Å². The minimum atomic E-state index is -1.40. The molecule has 0 saturated carbocycles. The molecule has 0 radical (unpaired) electrons. The van der Waals surface area contributed by atoms with E-state index in [1.165, 1.54) is 5.56 Å². The lowest BCUT2D eigenvalue weighted by Crippen LogP contribution is -2.47. The summed E-state index contributed by atoms with van der Waals surface area (Å²) < 4.78 is 0. The van der Waals surface area contributed by atoms with Crippen molar-refractivity contribution in [3.05, 3.63) is 71.3 Å². The zero-order valence-electron chi connectivity index (χ0n) is 15.1. The Hall–Kier alpha value is -2.70. The minimum absolute atomic E-state index is 0. The number of nitrogens with one attached hydrogen (secondary N) is 1. The second-order valence-electron chi connectivity index (χ2n) is 6.45. The molecule has 0 spiro atoms. The van der Waals surface area contributed by atoms with Crippen LogP contribution in [0.15, 0.2) is 69.6 Å². The summed E-state index contributed by atoms with van der Waals surface area (Å²) in [6.45, 7) is 0. The van der Waals surface area contributed by atoms with Gasteiger partial charge in [0.05, 0.1) is 0 Å². The fourth-order valence-corrected chi connectivity index (χ4v) is 3.54. The number of rotatable bonds is 3. The van der Waals surface area contributed by atoms with E-state index in [0.717, 1.165) is 36.1 Å². The number of halogens is 2. The molecule has 1 unspecified atom stereocenters. The van der Waals surface area contributed by atoms with Crippen LogP contribution in [0.4, 0.5) is 0 Å². The molecule has 146 valence electrons. The predicted octanol–water partition coefficient (Wildman–Crippen LogP) is 3.11. The van der Waals surface area contributed by atoms with Gasteiger partial charge in [-0.2, -0.15) is 0 Å². The molecule has 1 atom stereocenters. The third-order valence-corrected chi connectivity index (χ3v) is 4.74. The first-order valence-corrected chi connectivity index (χ1v) is 8.61. The van der Waals surface area contributed by atoms with Crippen molar-refractivity contribution in [3.63, 3.8) is 0 Å². The maximum absolute atomic E-state index is 8.24. The molecule has 28 heavy (non-hydrogen) atoms. The Balaban J connectivity index is 0.00000140. The Morgan fingerprint density at radius 2 is 1.68 bits per heavy atom. The van der Waals surface area contributed by atoms with Crippen LogP contribution in [0, 0.1) is 5.41 Å². The first-order valence-electron chi connectivity index (χ1n) is 8.61. The van der Waals surface area contributed by atoms with Crippen LogP contribution < -0.4 is 11.5 Å². The number of hydrogen-bond acceptors (Lipinski definition) is 5. The number of amidine groups is 1. The summed E-state index contributed by atoms with van der Waals surface area (Å²) in [4.78, 5) is 13.7. The third kappa shape index (κ3) is 3.66. The van der Waals surface area contributed by atoms with E-state index >= 15 is 0 Å². The molecule has 0 amide bonds. The highest BCUT2D eigenvalue weighted by Gasteiger charge is 2.44. The highest BCUT2D eigenvalue weighted by molar-refractivity contribution is 6.28. The average molecular weight is 417 g/mol. The normalized spacial score (nSPS) is 21.6. The minimum Gasteiger partial charge on any atom is -0.384 e. The molecule has 0 saturated heterocycles. The number of aryl methyl sites for hydroxylation is 1. The van der Waals surface area contributed by atoms with Gasteiger partial charge < -0.3 is 11.5 Å². The predicted molar refractivity (Wildman–Crippen MR) is 120 cm³/mol. The summed E-state index contributed by atoms with van der Waals surface area (Å²) >= 11 is 0. The van der Waals surface area contributed by atoms with Gasteiger partial charge in [-0.05, 0) is 30.4 Å². The van der Waals surface area contributed by atoms with Crippen LogP contribution in [0.1, 0.15) is 29.5 Å². The molecular formula is C20H22Cl2N6. The summed E-state index contributed by atoms with van der Waals surface area (Å²) in [5, 5.41) is 8.24. The van der Waals surface area contributed by atoms with Gasteiger partial charge in [-0.15, -0.1) is 24.8 Å². The molecule has 0 bridgehead atoms. The lowest BCUT2D eigenvalue weighted by atomic mass is 9.89. The molecule has 1 aliphatic carbocycles. The van der Waals surface area contributed by atoms with Gasteiger partial charge in [0.1, 0.15) is 11.5 Å². The van der Waals surface area contributed by atoms with E-state index in [0.29, 0.717) is 5.71 Å². The zero-order chi connectivity index (χ0) is 18.1. The topological polar surface area (TPSA) is 113 Å².